The lowest BCUT2D eigenvalue weighted by molar-refractivity contribution is 0.0499. The highest BCUT2D eigenvalue weighted by atomic mass is 16.3. The molecular formula is C16H28N2O2. The van der Waals surface area contributed by atoms with Crippen molar-refractivity contribution in [2.24, 2.45) is 11.8 Å². The molecule has 0 aromatic carbocycles. The van der Waals surface area contributed by atoms with Gasteiger partial charge >= 0.3 is 6.03 Å². The van der Waals surface area contributed by atoms with E-state index in [4.69, 9.17) is 0 Å². The van der Waals surface area contributed by atoms with Crippen molar-refractivity contribution in [2.45, 2.75) is 75.9 Å². The number of urea groups is 1. The van der Waals surface area contributed by atoms with E-state index >= 15 is 0 Å². The monoisotopic (exact) mass is 280 g/mol. The molecule has 4 heteroatoms. The molecule has 4 nitrogen and oxygen atoms in total. The van der Waals surface area contributed by atoms with Crippen LogP contribution in [-0.2, 0) is 0 Å². The summed E-state index contributed by atoms with van der Waals surface area (Å²) in [7, 11) is 0. The van der Waals surface area contributed by atoms with Crippen LogP contribution in [0, 0.1) is 11.8 Å². The summed E-state index contributed by atoms with van der Waals surface area (Å²) in [5.41, 5.74) is -0.652. The summed E-state index contributed by atoms with van der Waals surface area (Å²) in [6.07, 6.45) is 11.5. The van der Waals surface area contributed by atoms with E-state index in [-0.39, 0.29) is 6.03 Å². The number of hydrogen-bond donors (Lipinski definition) is 3. The van der Waals surface area contributed by atoms with Crippen LogP contribution in [-0.4, -0.2) is 29.3 Å². The molecule has 0 saturated heterocycles. The van der Waals surface area contributed by atoms with Crippen LogP contribution >= 0.6 is 0 Å². The van der Waals surface area contributed by atoms with Crippen molar-refractivity contribution in [3.8, 4) is 0 Å². The predicted molar refractivity (Wildman–Crippen MR) is 78.4 cm³/mol. The second-order valence-electron chi connectivity index (χ2n) is 7.22. The lowest BCUT2D eigenvalue weighted by Gasteiger charge is -2.30. The van der Waals surface area contributed by atoms with Gasteiger partial charge in [0.1, 0.15) is 0 Å². The van der Waals surface area contributed by atoms with Gasteiger partial charge in [0.05, 0.1) is 5.60 Å². The first kappa shape index (κ1) is 14.2. The number of amides is 2. The highest BCUT2D eigenvalue weighted by Crippen LogP contribution is 2.43. The van der Waals surface area contributed by atoms with Crippen molar-refractivity contribution >= 4 is 6.03 Å². The third-order valence-electron chi connectivity index (χ3n) is 5.45. The first-order valence-electron chi connectivity index (χ1n) is 8.41. The average Bonchev–Trinajstić information content (AvgIpc) is 3.20. The zero-order valence-electron chi connectivity index (χ0n) is 12.4. The van der Waals surface area contributed by atoms with Crippen LogP contribution in [0.2, 0.25) is 0 Å². The topological polar surface area (TPSA) is 61.4 Å². The molecule has 0 aromatic rings. The normalized spacial score (nSPS) is 32.9. The van der Waals surface area contributed by atoms with E-state index in [1.165, 1.54) is 25.7 Å². The van der Waals surface area contributed by atoms with Gasteiger partial charge in [-0.1, -0.05) is 25.7 Å². The van der Waals surface area contributed by atoms with Crippen molar-refractivity contribution < 1.29 is 9.90 Å². The Balaban J connectivity index is 1.39. The van der Waals surface area contributed by atoms with Gasteiger partial charge in [0.25, 0.3) is 0 Å². The molecule has 3 fully saturated rings. The van der Waals surface area contributed by atoms with Crippen LogP contribution < -0.4 is 10.6 Å². The van der Waals surface area contributed by atoms with E-state index in [0.29, 0.717) is 12.6 Å². The van der Waals surface area contributed by atoms with Gasteiger partial charge in [-0.05, 0) is 50.4 Å². The summed E-state index contributed by atoms with van der Waals surface area (Å²) in [5, 5.41) is 16.2. The van der Waals surface area contributed by atoms with E-state index < -0.39 is 5.60 Å². The maximum absolute atomic E-state index is 12.0. The lowest BCUT2D eigenvalue weighted by atomic mass is 9.83. The largest absolute Gasteiger partial charge is 0.388 e. The molecule has 3 rings (SSSR count). The molecule has 3 aliphatic carbocycles. The molecule has 2 unspecified atom stereocenters. The summed E-state index contributed by atoms with van der Waals surface area (Å²) in [6, 6.07) is 0.249. The Morgan fingerprint density at radius 2 is 1.80 bits per heavy atom. The molecule has 3 aliphatic rings. The molecule has 0 aliphatic heterocycles. The Morgan fingerprint density at radius 1 is 1.05 bits per heavy atom. The van der Waals surface area contributed by atoms with Gasteiger partial charge in [0.15, 0.2) is 0 Å². The average molecular weight is 280 g/mol. The number of carbonyl (C=O) groups excluding carboxylic acids is 1. The van der Waals surface area contributed by atoms with Crippen LogP contribution in [0.15, 0.2) is 0 Å². The van der Waals surface area contributed by atoms with Crippen LogP contribution in [0.3, 0.4) is 0 Å². The number of aliphatic hydroxyl groups is 1. The van der Waals surface area contributed by atoms with Gasteiger partial charge in [-0.2, -0.15) is 0 Å². The molecule has 2 amide bonds. The number of rotatable bonds is 4. The maximum Gasteiger partial charge on any atom is 0.315 e. The zero-order chi connectivity index (χ0) is 14.0. The maximum atomic E-state index is 12.0. The fourth-order valence-electron chi connectivity index (χ4n) is 4.05. The molecule has 20 heavy (non-hydrogen) atoms. The van der Waals surface area contributed by atoms with E-state index in [9.17, 15) is 9.90 Å². The fourth-order valence-corrected chi connectivity index (χ4v) is 4.05. The Morgan fingerprint density at radius 3 is 2.50 bits per heavy atom. The lowest BCUT2D eigenvalue weighted by Crippen LogP contribution is -2.48. The Bertz CT molecular complexity index is 348. The molecule has 3 N–H and O–H groups in total. The van der Waals surface area contributed by atoms with Crippen molar-refractivity contribution in [1.82, 2.24) is 10.6 Å². The van der Waals surface area contributed by atoms with Gasteiger partial charge < -0.3 is 15.7 Å². The standard InChI is InChI=1S/C16H28N2O2/c19-15(17-11-16(20)8-1-2-9-16)18-14-5-3-4-13(10-14)12-6-7-12/h12-14,20H,1-11H2,(H2,17,18,19). The minimum Gasteiger partial charge on any atom is -0.388 e. The van der Waals surface area contributed by atoms with Crippen molar-refractivity contribution in [2.75, 3.05) is 6.54 Å². The molecule has 2 atom stereocenters. The minimum atomic E-state index is -0.652. The highest BCUT2D eigenvalue weighted by Gasteiger charge is 2.35. The zero-order valence-corrected chi connectivity index (χ0v) is 12.4. The molecule has 0 heterocycles. The second-order valence-corrected chi connectivity index (χ2v) is 7.22. The first-order valence-corrected chi connectivity index (χ1v) is 8.41. The summed E-state index contributed by atoms with van der Waals surface area (Å²) in [6.45, 7) is 0.400. The summed E-state index contributed by atoms with van der Waals surface area (Å²) in [5.74, 6) is 1.79. The summed E-state index contributed by atoms with van der Waals surface area (Å²) >= 11 is 0. The SMILES string of the molecule is O=C(NCC1(O)CCCC1)NC1CCCC(C2CC2)C1. The third-order valence-corrected chi connectivity index (χ3v) is 5.45. The Labute approximate surface area is 121 Å². The van der Waals surface area contributed by atoms with Crippen LogP contribution in [0.1, 0.15) is 64.2 Å². The molecule has 114 valence electrons. The molecular weight excluding hydrogens is 252 g/mol. The third kappa shape index (κ3) is 3.66. The van der Waals surface area contributed by atoms with E-state index in [1.54, 1.807) is 0 Å². The molecule has 0 radical (unpaired) electrons. The smallest absolute Gasteiger partial charge is 0.315 e. The van der Waals surface area contributed by atoms with Crippen molar-refractivity contribution in [3.05, 3.63) is 0 Å². The van der Waals surface area contributed by atoms with Gasteiger partial charge in [0.2, 0.25) is 0 Å². The Hall–Kier alpha value is -0.770. The van der Waals surface area contributed by atoms with E-state index in [2.05, 4.69) is 10.6 Å². The molecule has 0 spiro atoms. The van der Waals surface area contributed by atoms with Crippen LogP contribution in [0.25, 0.3) is 0 Å². The first-order chi connectivity index (χ1) is 9.65. The molecule has 0 bridgehead atoms. The predicted octanol–water partition coefficient (Wildman–Crippen LogP) is 2.56. The summed E-state index contributed by atoms with van der Waals surface area (Å²) in [4.78, 5) is 12.0. The fraction of sp³-hybridized carbons (Fsp3) is 0.938. The van der Waals surface area contributed by atoms with Crippen LogP contribution in [0.4, 0.5) is 4.79 Å². The van der Waals surface area contributed by atoms with Gasteiger partial charge in [0, 0.05) is 12.6 Å². The van der Waals surface area contributed by atoms with E-state index in [1.807, 2.05) is 0 Å². The minimum absolute atomic E-state index is 0.0910. The van der Waals surface area contributed by atoms with Gasteiger partial charge in [-0.3, -0.25) is 0 Å². The molecule has 0 aromatic heterocycles. The van der Waals surface area contributed by atoms with Crippen LogP contribution in [0.5, 0.6) is 0 Å². The van der Waals surface area contributed by atoms with Crippen molar-refractivity contribution in [3.63, 3.8) is 0 Å². The van der Waals surface area contributed by atoms with Gasteiger partial charge in [-0.25, -0.2) is 4.79 Å². The second kappa shape index (κ2) is 5.92. The Kier molecular flexibility index (Phi) is 4.20. The number of carbonyl (C=O) groups is 1. The highest BCUT2D eigenvalue weighted by molar-refractivity contribution is 5.74. The van der Waals surface area contributed by atoms with Crippen molar-refractivity contribution in [1.29, 1.82) is 0 Å². The number of nitrogens with one attached hydrogen (secondary N) is 2. The quantitative estimate of drug-likeness (QED) is 0.741. The molecule has 3 saturated carbocycles. The summed E-state index contributed by atoms with van der Waals surface area (Å²) < 4.78 is 0. The van der Waals surface area contributed by atoms with Gasteiger partial charge in [-0.15, -0.1) is 0 Å². The van der Waals surface area contributed by atoms with E-state index in [0.717, 1.165) is 50.4 Å². The number of hydrogen-bond acceptors (Lipinski definition) is 2.